The van der Waals surface area contributed by atoms with Crippen LogP contribution in [0.4, 0.5) is 4.79 Å². The van der Waals surface area contributed by atoms with Crippen LogP contribution < -0.4 is 10.6 Å². The molecule has 0 aliphatic rings. The molecule has 0 aliphatic heterocycles. The lowest BCUT2D eigenvalue weighted by Gasteiger charge is -2.37. The molecule has 0 spiro atoms. The van der Waals surface area contributed by atoms with Crippen molar-refractivity contribution in [2.75, 3.05) is 6.54 Å². The van der Waals surface area contributed by atoms with Crippen LogP contribution in [-0.4, -0.2) is 58.6 Å². The number of carbonyl (C=O) groups is 4. The van der Waals surface area contributed by atoms with E-state index in [1.807, 2.05) is 75.4 Å². The van der Waals surface area contributed by atoms with Crippen molar-refractivity contribution in [3.8, 4) is 0 Å². The van der Waals surface area contributed by atoms with Crippen LogP contribution in [0.3, 0.4) is 0 Å². The molecule has 0 saturated heterocycles. The Morgan fingerprint density at radius 3 is 1.90 bits per heavy atom. The van der Waals surface area contributed by atoms with Crippen molar-refractivity contribution >= 4 is 23.9 Å². The highest BCUT2D eigenvalue weighted by Crippen LogP contribution is 2.27. The molecule has 0 heterocycles. The van der Waals surface area contributed by atoms with Gasteiger partial charge in [0.05, 0.1) is 0 Å². The Bertz CT molecular complexity index is 1350. The fraction of sp³-hybridized carbons (Fsp3) is 0.610. The average molecular weight is 694 g/mol. The predicted octanol–water partition coefficient (Wildman–Crippen LogP) is 8.23. The van der Waals surface area contributed by atoms with Crippen molar-refractivity contribution in [2.45, 2.75) is 150 Å². The zero-order valence-corrected chi connectivity index (χ0v) is 32.3. The predicted molar refractivity (Wildman–Crippen MR) is 200 cm³/mol. The van der Waals surface area contributed by atoms with Gasteiger partial charge in [0.1, 0.15) is 29.3 Å². The second kappa shape index (κ2) is 20.1. The number of hydrogen-bond donors (Lipinski definition) is 2. The van der Waals surface area contributed by atoms with Gasteiger partial charge in [0.15, 0.2) is 0 Å². The number of hydrogen-bond acceptors (Lipinski definition) is 6. The Hall–Kier alpha value is -3.88. The Labute approximate surface area is 301 Å². The minimum absolute atomic E-state index is 0.211. The summed E-state index contributed by atoms with van der Waals surface area (Å²) in [6.45, 7) is 18.9. The molecule has 0 aromatic heterocycles. The molecule has 2 N–H and O–H groups in total. The average Bonchev–Trinajstić information content (AvgIpc) is 3.03. The standard InChI is InChI=1S/C41H63N3O6/c1-11-13-14-15-16-20-27-44(37(46)34(30(4)12-2)43-39(48)50-41(8,9)10)35(32-25-23-29(3)24-26-32)36(45)42-33(38(47)49-40(5,6)7)28-31-21-18-17-19-22-31/h17-19,21-26,30,33-35H,11-16,20,27-28H2,1-10H3,(H,42,45)(H,43,48). The topological polar surface area (TPSA) is 114 Å². The summed E-state index contributed by atoms with van der Waals surface area (Å²) in [5, 5.41) is 5.83. The number of esters is 1. The highest BCUT2D eigenvalue weighted by molar-refractivity contribution is 5.94. The van der Waals surface area contributed by atoms with E-state index in [9.17, 15) is 19.2 Å². The maximum absolute atomic E-state index is 14.8. The molecular weight excluding hydrogens is 630 g/mol. The number of rotatable bonds is 18. The Balaban J connectivity index is 2.63. The van der Waals surface area contributed by atoms with Gasteiger partial charge in [-0.1, -0.05) is 119 Å². The van der Waals surface area contributed by atoms with Crippen LogP contribution in [0.2, 0.25) is 0 Å². The van der Waals surface area contributed by atoms with Gasteiger partial charge in [0.25, 0.3) is 0 Å². The highest BCUT2D eigenvalue weighted by atomic mass is 16.6. The molecule has 9 nitrogen and oxygen atoms in total. The van der Waals surface area contributed by atoms with Gasteiger partial charge in [0.2, 0.25) is 11.8 Å². The van der Waals surface area contributed by atoms with E-state index in [1.165, 1.54) is 0 Å². The number of nitrogens with one attached hydrogen (secondary N) is 2. The number of nitrogens with zero attached hydrogens (tertiary/aromatic N) is 1. The molecule has 0 aliphatic carbocycles. The number of amides is 3. The lowest BCUT2D eigenvalue weighted by Crippen LogP contribution is -2.56. The van der Waals surface area contributed by atoms with Crippen LogP contribution >= 0.6 is 0 Å². The van der Waals surface area contributed by atoms with Crippen LogP contribution in [0.5, 0.6) is 0 Å². The van der Waals surface area contributed by atoms with Gasteiger partial charge in [-0.2, -0.15) is 0 Å². The van der Waals surface area contributed by atoms with E-state index in [-0.39, 0.29) is 24.8 Å². The Morgan fingerprint density at radius 1 is 0.760 bits per heavy atom. The van der Waals surface area contributed by atoms with E-state index in [0.717, 1.165) is 43.2 Å². The second-order valence-electron chi connectivity index (χ2n) is 15.4. The molecule has 50 heavy (non-hydrogen) atoms. The molecule has 0 bridgehead atoms. The van der Waals surface area contributed by atoms with E-state index < -0.39 is 47.3 Å². The molecular formula is C41H63N3O6. The van der Waals surface area contributed by atoms with Crippen LogP contribution in [0.25, 0.3) is 0 Å². The molecule has 4 atom stereocenters. The molecule has 278 valence electrons. The molecule has 0 radical (unpaired) electrons. The number of alkyl carbamates (subject to hydrolysis) is 1. The number of ether oxygens (including phenoxy) is 2. The largest absolute Gasteiger partial charge is 0.458 e. The fourth-order valence-corrected chi connectivity index (χ4v) is 5.61. The second-order valence-corrected chi connectivity index (χ2v) is 15.4. The Morgan fingerprint density at radius 2 is 1.34 bits per heavy atom. The maximum atomic E-state index is 14.8. The van der Waals surface area contributed by atoms with E-state index in [2.05, 4.69) is 17.6 Å². The third-order valence-electron chi connectivity index (χ3n) is 8.43. The summed E-state index contributed by atoms with van der Waals surface area (Å²) in [5.74, 6) is -1.69. The molecule has 3 amide bonds. The minimum Gasteiger partial charge on any atom is -0.458 e. The van der Waals surface area contributed by atoms with E-state index in [4.69, 9.17) is 9.47 Å². The lowest BCUT2D eigenvalue weighted by molar-refractivity contribution is -0.159. The molecule has 0 fully saturated rings. The first kappa shape index (κ1) is 42.3. The molecule has 4 unspecified atom stereocenters. The van der Waals surface area contributed by atoms with Gasteiger partial charge < -0.3 is 25.0 Å². The van der Waals surface area contributed by atoms with Crippen molar-refractivity contribution < 1.29 is 28.7 Å². The van der Waals surface area contributed by atoms with Gasteiger partial charge in [-0.05, 0) is 71.9 Å². The first-order chi connectivity index (χ1) is 23.5. The van der Waals surface area contributed by atoms with Crippen molar-refractivity contribution in [3.05, 3.63) is 71.3 Å². The minimum atomic E-state index is -1.08. The normalized spacial score (nSPS) is 14.1. The van der Waals surface area contributed by atoms with Crippen LogP contribution in [-0.2, 0) is 30.3 Å². The third-order valence-corrected chi connectivity index (χ3v) is 8.43. The molecule has 2 aromatic carbocycles. The zero-order valence-electron chi connectivity index (χ0n) is 32.3. The molecule has 2 rings (SSSR count). The van der Waals surface area contributed by atoms with Gasteiger partial charge in [-0.15, -0.1) is 0 Å². The first-order valence-corrected chi connectivity index (χ1v) is 18.4. The van der Waals surface area contributed by atoms with E-state index >= 15 is 0 Å². The van der Waals surface area contributed by atoms with Crippen molar-refractivity contribution in [2.24, 2.45) is 5.92 Å². The molecule has 0 saturated carbocycles. The first-order valence-electron chi connectivity index (χ1n) is 18.4. The van der Waals surface area contributed by atoms with E-state index in [1.54, 1.807) is 46.4 Å². The maximum Gasteiger partial charge on any atom is 0.408 e. The molecule has 9 heteroatoms. The number of carbonyl (C=O) groups excluding carboxylic acids is 4. The van der Waals surface area contributed by atoms with Crippen molar-refractivity contribution in [1.29, 1.82) is 0 Å². The van der Waals surface area contributed by atoms with Gasteiger partial charge >= 0.3 is 12.1 Å². The Kier molecular flexibility index (Phi) is 17.0. The van der Waals surface area contributed by atoms with Crippen LogP contribution in [0.1, 0.15) is 130 Å². The summed E-state index contributed by atoms with van der Waals surface area (Å²) in [5.41, 5.74) is 0.931. The number of benzene rings is 2. The van der Waals surface area contributed by atoms with Crippen molar-refractivity contribution in [3.63, 3.8) is 0 Å². The summed E-state index contributed by atoms with van der Waals surface area (Å²) in [4.78, 5) is 57.7. The van der Waals surface area contributed by atoms with Crippen LogP contribution in [0, 0.1) is 12.8 Å². The monoisotopic (exact) mass is 693 g/mol. The SMILES string of the molecule is CCCCCCCCN(C(=O)C(NC(=O)OC(C)(C)C)C(C)CC)C(C(=O)NC(Cc1ccccc1)C(=O)OC(C)(C)C)c1ccc(C)cc1. The van der Waals surface area contributed by atoms with Gasteiger partial charge in [-0.25, -0.2) is 9.59 Å². The summed E-state index contributed by atoms with van der Waals surface area (Å²) >= 11 is 0. The van der Waals surface area contributed by atoms with Gasteiger partial charge in [-0.3, -0.25) is 9.59 Å². The van der Waals surface area contributed by atoms with Crippen molar-refractivity contribution in [1.82, 2.24) is 15.5 Å². The van der Waals surface area contributed by atoms with Crippen LogP contribution in [0.15, 0.2) is 54.6 Å². The smallest absolute Gasteiger partial charge is 0.408 e. The fourth-order valence-electron chi connectivity index (χ4n) is 5.61. The van der Waals surface area contributed by atoms with Gasteiger partial charge in [0, 0.05) is 13.0 Å². The summed E-state index contributed by atoms with van der Waals surface area (Å²) in [6.07, 6.45) is 6.05. The lowest BCUT2D eigenvalue weighted by atomic mass is 9.95. The molecule has 2 aromatic rings. The number of aryl methyl sites for hydroxylation is 1. The van der Waals surface area contributed by atoms with E-state index in [0.29, 0.717) is 18.4 Å². The number of unbranched alkanes of at least 4 members (excludes halogenated alkanes) is 5. The summed E-state index contributed by atoms with van der Waals surface area (Å²) in [6, 6.07) is 13.9. The summed E-state index contributed by atoms with van der Waals surface area (Å²) < 4.78 is 11.3. The summed E-state index contributed by atoms with van der Waals surface area (Å²) in [7, 11) is 0. The quantitative estimate of drug-likeness (QED) is 0.120. The zero-order chi connectivity index (χ0) is 37.5. The third kappa shape index (κ3) is 14.9. The highest BCUT2D eigenvalue weighted by Gasteiger charge is 2.39.